The summed E-state index contributed by atoms with van der Waals surface area (Å²) in [5.41, 5.74) is 0.784. The summed E-state index contributed by atoms with van der Waals surface area (Å²) in [4.78, 5) is 30.3. The lowest BCUT2D eigenvalue weighted by Crippen LogP contribution is -2.50. The number of amides is 3. The van der Waals surface area contributed by atoms with E-state index in [1.54, 1.807) is 12.1 Å². The van der Waals surface area contributed by atoms with Crippen LogP contribution in [0.25, 0.3) is 0 Å². The van der Waals surface area contributed by atoms with E-state index in [0.29, 0.717) is 11.3 Å². The lowest BCUT2D eigenvalue weighted by atomic mass is 9.98. The van der Waals surface area contributed by atoms with Crippen molar-refractivity contribution in [3.05, 3.63) is 48.2 Å². The number of carbonyl (C=O) groups excluding carboxylic acids is 2. The van der Waals surface area contributed by atoms with Gasteiger partial charge in [-0.25, -0.2) is 9.78 Å². The van der Waals surface area contributed by atoms with Crippen molar-refractivity contribution >= 4 is 23.4 Å². The van der Waals surface area contributed by atoms with Crippen LogP contribution in [0.2, 0.25) is 0 Å². The van der Waals surface area contributed by atoms with Crippen molar-refractivity contribution in [2.45, 2.75) is 31.3 Å². The Balaban J connectivity index is 1.56. The average molecular weight is 436 g/mol. The van der Waals surface area contributed by atoms with E-state index in [1.165, 1.54) is 18.3 Å². The van der Waals surface area contributed by atoms with E-state index in [-0.39, 0.29) is 18.3 Å². The molecule has 3 amide bonds. The van der Waals surface area contributed by atoms with Crippen molar-refractivity contribution in [2.24, 2.45) is 5.92 Å². The minimum Gasteiger partial charge on any atom is -0.406 e. The molecule has 3 N–H and O–H groups in total. The zero-order chi connectivity index (χ0) is 22.2. The molecule has 164 valence electrons. The summed E-state index contributed by atoms with van der Waals surface area (Å²) >= 11 is 0. The van der Waals surface area contributed by atoms with Crippen LogP contribution in [0.3, 0.4) is 0 Å². The summed E-state index contributed by atoms with van der Waals surface area (Å²) in [5, 5.41) is 16.0. The van der Waals surface area contributed by atoms with Gasteiger partial charge in [0.05, 0.1) is 17.8 Å². The molecule has 0 spiro atoms. The van der Waals surface area contributed by atoms with Crippen LogP contribution in [0.15, 0.2) is 42.6 Å². The lowest BCUT2D eigenvalue weighted by molar-refractivity contribution is -0.274. The number of hydrogen-bond acceptors (Lipinski definition) is 5. The molecule has 2 unspecified atom stereocenters. The first-order chi connectivity index (χ1) is 14.7. The third kappa shape index (κ3) is 4.88. The molecule has 4 rings (SSSR count). The van der Waals surface area contributed by atoms with Crippen LogP contribution >= 0.6 is 0 Å². The van der Waals surface area contributed by atoms with Gasteiger partial charge in [0.1, 0.15) is 12.3 Å². The third-order valence-electron chi connectivity index (χ3n) is 5.06. The van der Waals surface area contributed by atoms with E-state index >= 15 is 0 Å². The highest BCUT2D eigenvalue weighted by Gasteiger charge is 2.38. The van der Waals surface area contributed by atoms with E-state index in [2.05, 4.69) is 20.4 Å². The van der Waals surface area contributed by atoms with Crippen molar-refractivity contribution in [3.63, 3.8) is 0 Å². The van der Waals surface area contributed by atoms with Gasteiger partial charge < -0.3 is 20.5 Å². The molecule has 8 nitrogen and oxygen atoms in total. The zero-order valence-electron chi connectivity index (χ0n) is 16.1. The van der Waals surface area contributed by atoms with Gasteiger partial charge in [-0.3, -0.25) is 9.69 Å². The van der Waals surface area contributed by atoms with E-state index in [4.69, 9.17) is 0 Å². The minimum atomic E-state index is -4.82. The number of ether oxygens (including phenoxy) is 1. The van der Waals surface area contributed by atoms with Crippen LogP contribution in [-0.4, -0.2) is 41.0 Å². The van der Waals surface area contributed by atoms with Crippen LogP contribution in [0, 0.1) is 5.92 Å². The number of carbonyl (C=O) groups is 2. The maximum absolute atomic E-state index is 13.0. The quantitative estimate of drug-likeness (QED) is 0.669. The predicted molar refractivity (Wildman–Crippen MR) is 103 cm³/mol. The molecular weight excluding hydrogens is 417 g/mol. The van der Waals surface area contributed by atoms with E-state index in [1.807, 2.05) is 0 Å². The summed E-state index contributed by atoms with van der Waals surface area (Å²) in [7, 11) is 0. The fourth-order valence-corrected chi connectivity index (χ4v) is 3.45. The molecule has 0 bridgehead atoms. The number of nitrogens with one attached hydrogen (secondary N) is 2. The number of fused-ring (bicyclic) bond motifs is 1. The molecule has 2 aromatic rings. The van der Waals surface area contributed by atoms with Gasteiger partial charge >= 0.3 is 12.4 Å². The Bertz CT molecular complexity index is 979. The maximum atomic E-state index is 13.0. The van der Waals surface area contributed by atoms with Crippen LogP contribution in [0.4, 0.5) is 29.5 Å². The van der Waals surface area contributed by atoms with Gasteiger partial charge in [0.25, 0.3) is 0 Å². The van der Waals surface area contributed by atoms with Gasteiger partial charge in [-0.15, -0.1) is 13.2 Å². The Labute approximate surface area is 175 Å². The van der Waals surface area contributed by atoms with Gasteiger partial charge in [0, 0.05) is 6.20 Å². The molecule has 11 heteroatoms. The standard InChI is InChI=1S/C20H19F3N4O4/c21-20(22,23)31-13-7-5-11(6-8-13)16(17(29)12-3-4-12)26-19(30)27-10-15(28)25-14-2-1-9-24-18(14)27/h1-2,5-9,12,16-17,29H,3-4,10H2,(H,25,28)(H,26,30). The number of benzene rings is 1. The van der Waals surface area contributed by atoms with Crippen molar-refractivity contribution in [1.29, 1.82) is 0 Å². The molecule has 2 atom stereocenters. The first-order valence-electron chi connectivity index (χ1n) is 9.58. The number of pyridine rings is 1. The molecule has 2 heterocycles. The number of halogens is 3. The molecule has 1 aliphatic carbocycles. The minimum absolute atomic E-state index is 0.0357. The molecular formula is C20H19F3N4O4. The lowest BCUT2D eigenvalue weighted by Gasteiger charge is -2.31. The highest BCUT2D eigenvalue weighted by atomic mass is 19.4. The highest BCUT2D eigenvalue weighted by molar-refractivity contribution is 6.08. The summed E-state index contributed by atoms with van der Waals surface area (Å²) in [6.07, 6.45) is -2.73. The SMILES string of the molecule is O=C1CN(C(=O)NC(c2ccc(OC(F)(F)F)cc2)C(O)C2CC2)c2ncccc2N1. The molecule has 1 aliphatic heterocycles. The first kappa shape index (κ1) is 20.9. The Morgan fingerprint density at radius 3 is 2.61 bits per heavy atom. The van der Waals surface area contributed by atoms with Crippen LogP contribution in [0.5, 0.6) is 5.75 Å². The van der Waals surface area contributed by atoms with Crippen molar-refractivity contribution in [3.8, 4) is 5.75 Å². The van der Waals surface area contributed by atoms with Gasteiger partial charge in [-0.1, -0.05) is 12.1 Å². The second kappa shape index (κ2) is 8.06. The van der Waals surface area contributed by atoms with Crippen molar-refractivity contribution < 1.29 is 32.6 Å². The number of aliphatic hydroxyl groups is 1. The number of anilines is 2. The van der Waals surface area contributed by atoms with Crippen LogP contribution in [-0.2, 0) is 4.79 Å². The first-order valence-corrected chi connectivity index (χ1v) is 9.58. The smallest absolute Gasteiger partial charge is 0.406 e. The topological polar surface area (TPSA) is 104 Å². The molecule has 1 aromatic heterocycles. The zero-order valence-corrected chi connectivity index (χ0v) is 16.1. The summed E-state index contributed by atoms with van der Waals surface area (Å²) in [5.74, 6) is -0.587. The number of rotatable bonds is 5. The predicted octanol–water partition coefficient (Wildman–Crippen LogP) is 2.96. The van der Waals surface area contributed by atoms with Crippen LogP contribution in [0.1, 0.15) is 24.4 Å². The summed E-state index contributed by atoms with van der Waals surface area (Å²) in [6.45, 7) is -0.263. The van der Waals surface area contributed by atoms with Gasteiger partial charge in [0.15, 0.2) is 5.82 Å². The Hall–Kier alpha value is -3.34. The molecule has 2 aliphatic rings. The largest absolute Gasteiger partial charge is 0.573 e. The Morgan fingerprint density at radius 2 is 1.97 bits per heavy atom. The second-order valence-electron chi connectivity index (χ2n) is 7.38. The number of alkyl halides is 3. The van der Waals surface area contributed by atoms with E-state index in [9.17, 15) is 27.9 Å². The number of aromatic nitrogens is 1. The van der Waals surface area contributed by atoms with Crippen molar-refractivity contribution in [2.75, 3.05) is 16.8 Å². The monoisotopic (exact) mass is 436 g/mol. The fraction of sp³-hybridized carbons (Fsp3) is 0.350. The van der Waals surface area contributed by atoms with Gasteiger partial charge in [0.2, 0.25) is 5.91 Å². The van der Waals surface area contributed by atoms with Gasteiger partial charge in [-0.05, 0) is 48.6 Å². The molecule has 1 saturated carbocycles. The molecule has 1 fully saturated rings. The fourth-order valence-electron chi connectivity index (χ4n) is 3.45. The second-order valence-corrected chi connectivity index (χ2v) is 7.38. The van der Waals surface area contributed by atoms with Crippen molar-refractivity contribution in [1.82, 2.24) is 10.3 Å². The normalized spacial score (nSPS) is 17.9. The Kier molecular flexibility index (Phi) is 5.44. The molecule has 0 radical (unpaired) electrons. The Morgan fingerprint density at radius 1 is 1.26 bits per heavy atom. The van der Waals surface area contributed by atoms with E-state index < -0.39 is 36.2 Å². The maximum Gasteiger partial charge on any atom is 0.573 e. The number of nitrogens with zero attached hydrogens (tertiary/aromatic N) is 2. The number of hydrogen-bond donors (Lipinski definition) is 3. The highest BCUT2D eigenvalue weighted by Crippen LogP contribution is 2.39. The average Bonchev–Trinajstić information content (AvgIpc) is 3.55. The van der Waals surface area contributed by atoms with Crippen LogP contribution < -0.4 is 20.3 Å². The number of urea groups is 1. The molecule has 1 aromatic carbocycles. The third-order valence-corrected chi connectivity index (χ3v) is 5.06. The number of aliphatic hydroxyl groups excluding tert-OH is 1. The van der Waals surface area contributed by atoms with Gasteiger partial charge in [-0.2, -0.15) is 0 Å². The molecule has 31 heavy (non-hydrogen) atoms. The van der Waals surface area contributed by atoms with E-state index in [0.717, 1.165) is 29.9 Å². The molecule has 0 saturated heterocycles. The summed E-state index contributed by atoms with van der Waals surface area (Å²) in [6, 6.07) is 6.62. The summed E-state index contributed by atoms with van der Waals surface area (Å²) < 4.78 is 41.1.